The van der Waals surface area contributed by atoms with Crippen molar-refractivity contribution in [2.45, 2.75) is 114 Å². The Kier molecular flexibility index (Phi) is 6.11. The first kappa shape index (κ1) is 24.2. The second-order valence-corrected chi connectivity index (χ2v) is 16.5. The molecule has 32 heavy (non-hydrogen) atoms. The zero-order chi connectivity index (χ0) is 23.6. The minimum atomic E-state index is -2.20. The molecule has 1 saturated carbocycles. The van der Waals surface area contributed by atoms with Gasteiger partial charge in [-0.1, -0.05) is 41.5 Å². The van der Waals surface area contributed by atoms with Gasteiger partial charge >= 0.3 is 5.97 Å². The molecule has 0 aromatic heterocycles. The fraction of sp³-hybridized carbons (Fsp3) is 0.875. The molecule has 0 bridgehead atoms. The highest BCUT2D eigenvalue weighted by Crippen LogP contribution is 2.61. The summed E-state index contributed by atoms with van der Waals surface area (Å²) in [7, 11) is -0.545. The number of carbonyl (C=O) groups is 1. The lowest BCUT2D eigenvalue weighted by molar-refractivity contribution is -0.321. The Morgan fingerprint density at radius 2 is 1.69 bits per heavy atom. The van der Waals surface area contributed by atoms with Crippen molar-refractivity contribution in [2.24, 2.45) is 5.92 Å². The summed E-state index contributed by atoms with van der Waals surface area (Å²) in [6, 6.07) is 0. The Hall–Kier alpha value is -0.933. The van der Waals surface area contributed by atoms with Crippen LogP contribution in [-0.4, -0.2) is 63.8 Å². The summed E-state index contributed by atoms with van der Waals surface area (Å²) in [5, 5.41) is 0. The summed E-state index contributed by atoms with van der Waals surface area (Å²) in [6.07, 6.45) is 1.23. The highest BCUT2D eigenvalue weighted by Gasteiger charge is 2.76. The van der Waals surface area contributed by atoms with Crippen LogP contribution in [0.5, 0.6) is 0 Å². The summed E-state index contributed by atoms with van der Waals surface area (Å²) in [6.45, 7) is 18.0. The van der Waals surface area contributed by atoms with Gasteiger partial charge in [0.1, 0.15) is 18.0 Å². The molecule has 3 fully saturated rings. The van der Waals surface area contributed by atoms with Crippen molar-refractivity contribution in [3.8, 4) is 0 Å². The maximum absolute atomic E-state index is 11.7. The van der Waals surface area contributed by atoms with Gasteiger partial charge in [-0.25, -0.2) is 0 Å². The van der Waals surface area contributed by atoms with Gasteiger partial charge in [-0.2, -0.15) is 0 Å². The molecule has 6 atom stereocenters. The lowest BCUT2D eigenvalue weighted by Gasteiger charge is -2.51. The predicted molar refractivity (Wildman–Crippen MR) is 122 cm³/mol. The zero-order valence-corrected chi connectivity index (χ0v) is 22.0. The average Bonchev–Trinajstić information content (AvgIpc) is 3.09. The molecule has 1 aliphatic carbocycles. The quantitative estimate of drug-likeness (QED) is 0.407. The number of rotatable bonds is 7. The smallest absolute Gasteiger partial charge is 0.306 e. The first-order valence-electron chi connectivity index (χ1n) is 12.0. The molecule has 7 nitrogen and oxygen atoms in total. The summed E-state index contributed by atoms with van der Waals surface area (Å²) < 4.78 is 37.4. The largest absolute Gasteiger partial charge is 0.486 e. The first-order chi connectivity index (χ1) is 14.9. The number of hydrogen-bond acceptors (Lipinski definition) is 7. The first-order valence-corrected chi connectivity index (χ1v) is 14.2. The molecule has 182 valence electrons. The van der Waals surface area contributed by atoms with E-state index in [4.69, 9.17) is 28.1 Å². The third-order valence-corrected chi connectivity index (χ3v) is 14.0. The van der Waals surface area contributed by atoms with Crippen molar-refractivity contribution >= 4 is 14.3 Å². The Labute approximate surface area is 193 Å². The second-order valence-electron chi connectivity index (χ2n) is 11.1. The lowest BCUT2D eigenvalue weighted by Crippen LogP contribution is -2.61. The summed E-state index contributed by atoms with van der Waals surface area (Å²) >= 11 is 0. The van der Waals surface area contributed by atoms with Gasteiger partial charge < -0.3 is 28.1 Å². The molecular weight excluding hydrogens is 428 g/mol. The van der Waals surface area contributed by atoms with Crippen molar-refractivity contribution in [3.63, 3.8) is 0 Å². The Morgan fingerprint density at radius 3 is 2.19 bits per heavy atom. The topological polar surface area (TPSA) is 72.5 Å². The van der Waals surface area contributed by atoms with Crippen molar-refractivity contribution in [3.05, 3.63) is 11.8 Å². The average molecular weight is 469 g/mol. The van der Waals surface area contributed by atoms with Crippen molar-refractivity contribution in [1.29, 1.82) is 0 Å². The number of esters is 1. The minimum absolute atomic E-state index is 0.0207. The van der Waals surface area contributed by atoms with Crippen LogP contribution in [-0.2, 0) is 32.9 Å². The molecular formula is C24H40O7Si. The van der Waals surface area contributed by atoms with Crippen LogP contribution >= 0.6 is 0 Å². The normalized spacial score (nSPS) is 38.3. The van der Waals surface area contributed by atoms with Gasteiger partial charge in [-0.05, 0) is 36.5 Å². The maximum Gasteiger partial charge on any atom is 0.306 e. The molecule has 4 aliphatic rings. The number of carbonyl (C=O) groups excluding carboxylic acids is 1. The molecule has 4 rings (SSSR count). The molecule has 0 spiro atoms. The van der Waals surface area contributed by atoms with Gasteiger partial charge in [0, 0.05) is 13.0 Å². The molecule has 3 unspecified atom stereocenters. The molecule has 8 heteroatoms. The van der Waals surface area contributed by atoms with Gasteiger partial charge in [0.2, 0.25) is 8.32 Å². The van der Waals surface area contributed by atoms with Gasteiger partial charge in [-0.3, -0.25) is 4.79 Å². The molecule has 0 aromatic rings. The van der Waals surface area contributed by atoms with Crippen molar-refractivity contribution in [2.75, 3.05) is 13.7 Å². The van der Waals surface area contributed by atoms with E-state index in [1.807, 2.05) is 19.9 Å². The second kappa shape index (κ2) is 8.08. The Morgan fingerprint density at radius 1 is 1.06 bits per heavy atom. The van der Waals surface area contributed by atoms with Crippen molar-refractivity contribution in [1.82, 2.24) is 0 Å². The van der Waals surface area contributed by atoms with Crippen molar-refractivity contribution < 1.29 is 32.9 Å². The van der Waals surface area contributed by atoms with Crippen LogP contribution in [0.1, 0.15) is 61.8 Å². The zero-order valence-electron chi connectivity index (χ0n) is 21.0. The van der Waals surface area contributed by atoms with Crippen LogP contribution in [0.15, 0.2) is 11.8 Å². The molecule has 0 N–H and O–H groups in total. The van der Waals surface area contributed by atoms with Gasteiger partial charge in [-0.15, -0.1) is 0 Å². The van der Waals surface area contributed by atoms with E-state index in [1.165, 1.54) is 0 Å². The third kappa shape index (κ3) is 3.57. The molecule has 3 aliphatic heterocycles. The van der Waals surface area contributed by atoms with Gasteiger partial charge in [0.25, 0.3) is 0 Å². The van der Waals surface area contributed by atoms with Crippen LogP contribution in [0, 0.1) is 5.92 Å². The minimum Gasteiger partial charge on any atom is -0.486 e. The molecule has 3 heterocycles. The van der Waals surface area contributed by atoms with E-state index in [0.717, 1.165) is 0 Å². The third-order valence-electron chi connectivity index (χ3n) is 7.94. The highest BCUT2D eigenvalue weighted by atomic mass is 28.4. The summed E-state index contributed by atoms with van der Waals surface area (Å²) in [4.78, 5) is 11.7. The maximum atomic E-state index is 11.7. The van der Waals surface area contributed by atoms with Crippen LogP contribution in [0.25, 0.3) is 0 Å². The van der Waals surface area contributed by atoms with Crippen LogP contribution < -0.4 is 0 Å². The van der Waals surface area contributed by atoms with E-state index in [1.54, 1.807) is 7.11 Å². The van der Waals surface area contributed by atoms with Crippen LogP contribution in [0.3, 0.4) is 0 Å². The van der Waals surface area contributed by atoms with E-state index in [0.29, 0.717) is 35.4 Å². The molecule has 0 amide bonds. The number of ether oxygens (including phenoxy) is 5. The molecule has 0 aromatic carbocycles. The van der Waals surface area contributed by atoms with E-state index in [2.05, 4.69) is 41.5 Å². The fourth-order valence-corrected chi connectivity index (χ4v) is 12.0. The number of methoxy groups -OCH3 is 1. The van der Waals surface area contributed by atoms with E-state index < -0.39 is 19.7 Å². The molecule has 0 radical (unpaired) electrons. The van der Waals surface area contributed by atoms with E-state index in [-0.39, 0.29) is 36.3 Å². The fourth-order valence-electron chi connectivity index (χ4n) is 6.50. The number of fused-ring (bicyclic) bond motifs is 2. The summed E-state index contributed by atoms with van der Waals surface area (Å²) in [5.41, 5.74) is 0.578. The predicted octanol–water partition coefficient (Wildman–Crippen LogP) is 4.31. The van der Waals surface area contributed by atoms with Gasteiger partial charge in [0.15, 0.2) is 17.5 Å². The SMILES string of the molecule is COC1(C2=C[C@@H](O[Si](C(C)C)(C(C)C)C(C)C)[C@@H]3OC(C)(C)OC[C@H]3O2)C2CC(=O)OC21. The number of hydrogen-bond donors (Lipinski definition) is 0. The van der Waals surface area contributed by atoms with E-state index >= 15 is 0 Å². The highest BCUT2D eigenvalue weighted by molar-refractivity contribution is 6.77. The van der Waals surface area contributed by atoms with Crippen LogP contribution in [0.2, 0.25) is 16.6 Å². The van der Waals surface area contributed by atoms with E-state index in [9.17, 15) is 4.79 Å². The summed E-state index contributed by atoms with van der Waals surface area (Å²) in [5.74, 6) is -0.209. The lowest BCUT2D eigenvalue weighted by atomic mass is 9.99. The molecule has 2 saturated heterocycles. The Balaban J connectivity index is 1.73. The van der Waals surface area contributed by atoms with Gasteiger partial charge in [0.05, 0.1) is 19.1 Å². The Bertz CT molecular complexity index is 739. The van der Waals surface area contributed by atoms with Crippen LogP contribution in [0.4, 0.5) is 0 Å². The monoisotopic (exact) mass is 468 g/mol. The standard InChI is InChI=1S/C24H40O7Si/c1-13(2)32(14(3)4,15(5)6)31-17-11-19(24(26-9)16-10-20(25)29-22(16)24)28-18-12-27-23(7,8)30-21(17)18/h11,13-18,21-22H,10,12H2,1-9H3/t16?,17-,18-,21+,22?,24?/m1/s1.